The van der Waals surface area contributed by atoms with Crippen molar-refractivity contribution in [3.8, 4) is 0 Å². The summed E-state index contributed by atoms with van der Waals surface area (Å²) in [5.74, 6) is 0.390. The van der Waals surface area contributed by atoms with Crippen LogP contribution in [-0.2, 0) is 4.79 Å². The average molecular weight is 397 g/mol. The Morgan fingerprint density at radius 3 is 2.43 bits per heavy atom. The zero-order valence-corrected chi connectivity index (χ0v) is 18.1. The van der Waals surface area contributed by atoms with E-state index in [1.165, 1.54) is 16.3 Å². The van der Waals surface area contributed by atoms with Crippen molar-refractivity contribution in [1.29, 1.82) is 0 Å². The van der Waals surface area contributed by atoms with Crippen molar-refractivity contribution in [3.63, 3.8) is 0 Å². The lowest BCUT2D eigenvalue weighted by atomic mass is 9.64. The van der Waals surface area contributed by atoms with Crippen molar-refractivity contribution in [1.82, 2.24) is 0 Å². The van der Waals surface area contributed by atoms with Gasteiger partial charge in [-0.15, -0.1) is 0 Å². The molecule has 3 aromatic carbocycles. The van der Waals surface area contributed by atoms with Crippen LogP contribution in [0.15, 0.2) is 66.2 Å². The van der Waals surface area contributed by atoms with Crippen molar-refractivity contribution in [3.05, 3.63) is 77.4 Å². The molecule has 5 rings (SSSR count). The Morgan fingerprint density at radius 2 is 1.70 bits per heavy atom. The molecule has 2 aliphatic rings. The van der Waals surface area contributed by atoms with Crippen LogP contribution in [0, 0.1) is 5.41 Å². The summed E-state index contributed by atoms with van der Waals surface area (Å²) in [5, 5.41) is 6.13. The van der Waals surface area contributed by atoms with E-state index in [4.69, 9.17) is 0 Å². The number of carbonyl (C=O) groups excluding carboxylic acids is 1. The number of allylic oxidation sites excluding steroid dienone is 1. The van der Waals surface area contributed by atoms with Crippen LogP contribution in [0.2, 0.25) is 0 Å². The molecule has 0 radical (unpaired) electrons. The number of Topliss-reactive ketones (excluding diaryl/α,β-unsaturated/α-hetero) is 1. The maximum absolute atomic E-state index is 13.4. The molecule has 3 heteroatoms. The van der Waals surface area contributed by atoms with Gasteiger partial charge in [0, 0.05) is 43.4 Å². The first kappa shape index (κ1) is 18.9. The summed E-state index contributed by atoms with van der Waals surface area (Å²) >= 11 is 0. The third kappa shape index (κ3) is 3.00. The van der Waals surface area contributed by atoms with E-state index >= 15 is 0 Å². The number of ketones is 1. The van der Waals surface area contributed by atoms with Crippen LogP contribution in [0.5, 0.6) is 0 Å². The largest absolute Gasteiger partial charge is 0.378 e. The number of rotatable bonds is 2. The lowest BCUT2D eigenvalue weighted by molar-refractivity contribution is -0.119. The second-order valence-electron chi connectivity index (χ2n) is 9.62. The molecule has 1 fully saturated rings. The number of hydrogen-bond donors (Lipinski definition) is 1. The number of carbonyl (C=O) groups is 1. The van der Waals surface area contributed by atoms with Gasteiger partial charge in [0.25, 0.3) is 0 Å². The Morgan fingerprint density at radius 1 is 0.967 bits per heavy atom. The molecule has 3 nitrogen and oxygen atoms in total. The van der Waals surface area contributed by atoms with E-state index in [9.17, 15) is 4.79 Å². The summed E-state index contributed by atoms with van der Waals surface area (Å²) in [6.45, 7) is 4.44. The van der Waals surface area contributed by atoms with E-state index in [1.54, 1.807) is 0 Å². The monoisotopic (exact) mass is 396 g/mol. The van der Waals surface area contributed by atoms with Gasteiger partial charge in [-0.2, -0.15) is 0 Å². The number of hydrogen-bond acceptors (Lipinski definition) is 3. The number of nitrogens with zero attached hydrogens (tertiary/aromatic N) is 1. The first-order valence-corrected chi connectivity index (χ1v) is 10.7. The highest BCUT2D eigenvalue weighted by Crippen LogP contribution is 2.53. The highest BCUT2D eigenvalue weighted by molar-refractivity contribution is 6.10. The summed E-state index contributed by atoms with van der Waals surface area (Å²) in [5.41, 5.74) is 6.56. The molecule has 0 unspecified atom stereocenters. The van der Waals surface area contributed by atoms with Crippen LogP contribution in [0.1, 0.15) is 43.7 Å². The van der Waals surface area contributed by atoms with Crippen LogP contribution in [0.4, 0.5) is 11.4 Å². The Bertz CT molecular complexity index is 1190. The lowest BCUT2D eigenvalue weighted by Crippen LogP contribution is -2.34. The average Bonchev–Trinajstić information content (AvgIpc) is 2.72. The van der Waals surface area contributed by atoms with Crippen LogP contribution in [0.25, 0.3) is 16.5 Å². The second-order valence-corrected chi connectivity index (χ2v) is 9.62. The van der Waals surface area contributed by atoms with Crippen molar-refractivity contribution in [2.75, 3.05) is 24.3 Å². The third-order valence-corrected chi connectivity index (χ3v) is 6.57. The molecule has 1 atom stereocenters. The van der Waals surface area contributed by atoms with E-state index in [0.29, 0.717) is 6.42 Å². The van der Waals surface area contributed by atoms with Gasteiger partial charge < -0.3 is 10.2 Å². The molecule has 30 heavy (non-hydrogen) atoms. The molecular weight excluding hydrogens is 368 g/mol. The quantitative estimate of drug-likeness (QED) is 0.558. The molecule has 0 spiro atoms. The topological polar surface area (TPSA) is 32.3 Å². The van der Waals surface area contributed by atoms with Gasteiger partial charge >= 0.3 is 0 Å². The second kappa shape index (κ2) is 6.73. The van der Waals surface area contributed by atoms with E-state index in [-0.39, 0.29) is 17.1 Å². The zero-order valence-electron chi connectivity index (χ0n) is 18.1. The molecule has 1 aliphatic carbocycles. The van der Waals surface area contributed by atoms with Gasteiger partial charge in [-0.25, -0.2) is 0 Å². The van der Waals surface area contributed by atoms with Crippen molar-refractivity contribution < 1.29 is 4.79 Å². The third-order valence-electron chi connectivity index (χ3n) is 6.57. The molecule has 0 amide bonds. The fraction of sp³-hybridized carbons (Fsp3) is 0.296. The summed E-state index contributed by atoms with van der Waals surface area (Å²) < 4.78 is 0. The first-order chi connectivity index (χ1) is 14.3. The Kier molecular flexibility index (Phi) is 4.25. The number of nitrogens with one attached hydrogen (secondary N) is 1. The minimum Gasteiger partial charge on any atom is -0.378 e. The molecular formula is C27H28N2O. The fourth-order valence-corrected chi connectivity index (χ4v) is 5.15. The van der Waals surface area contributed by atoms with Crippen LogP contribution in [-0.4, -0.2) is 19.9 Å². The minimum absolute atomic E-state index is 0.00328. The van der Waals surface area contributed by atoms with Crippen LogP contribution in [0.3, 0.4) is 0 Å². The van der Waals surface area contributed by atoms with E-state index in [2.05, 4.69) is 84.7 Å². The summed E-state index contributed by atoms with van der Waals surface area (Å²) in [6.07, 6.45) is 1.58. The summed E-state index contributed by atoms with van der Waals surface area (Å²) in [6, 6.07) is 21.4. The molecule has 1 aliphatic heterocycles. The predicted molar refractivity (Wildman–Crippen MR) is 126 cm³/mol. The van der Waals surface area contributed by atoms with Crippen molar-refractivity contribution in [2.24, 2.45) is 5.41 Å². The summed E-state index contributed by atoms with van der Waals surface area (Å²) in [7, 11) is 4.08. The molecule has 152 valence electrons. The molecule has 0 bridgehead atoms. The first-order valence-electron chi connectivity index (χ1n) is 10.7. The number of fused-ring (bicyclic) bond motifs is 5. The maximum atomic E-state index is 13.4. The number of benzene rings is 3. The van der Waals surface area contributed by atoms with Gasteiger partial charge in [0.1, 0.15) is 0 Å². The predicted octanol–water partition coefficient (Wildman–Crippen LogP) is 6.22. The standard InChI is InChI=1S/C27H28N2O/c1-27(2)15-21-24-20-8-6-5-7-17(20)11-14-22(24)28-26(25(21)23(30)16-27)18-9-12-19(13-10-18)29(3)4/h5-14,21,28H,15-16H2,1-4H3/t21-/m0/s1. The van der Waals surface area contributed by atoms with Gasteiger partial charge in [0.15, 0.2) is 5.78 Å². The van der Waals surface area contributed by atoms with Gasteiger partial charge in [0.2, 0.25) is 0 Å². The van der Waals surface area contributed by atoms with Crippen molar-refractivity contribution >= 4 is 33.6 Å². The molecule has 1 N–H and O–H groups in total. The van der Waals surface area contributed by atoms with E-state index in [0.717, 1.165) is 34.6 Å². The van der Waals surface area contributed by atoms with E-state index < -0.39 is 0 Å². The molecule has 1 heterocycles. The Labute approximate surface area is 178 Å². The SMILES string of the molecule is CN(C)c1ccc(C2=C3C(=O)CC(C)(C)C[C@H]3c3c(ccc4ccccc34)N2)cc1. The highest BCUT2D eigenvalue weighted by Gasteiger charge is 2.42. The molecule has 0 saturated heterocycles. The highest BCUT2D eigenvalue weighted by atomic mass is 16.1. The van der Waals surface area contributed by atoms with Crippen molar-refractivity contribution in [2.45, 2.75) is 32.6 Å². The maximum Gasteiger partial charge on any atom is 0.162 e. The number of anilines is 2. The van der Waals surface area contributed by atoms with Gasteiger partial charge in [-0.1, -0.05) is 56.3 Å². The lowest BCUT2D eigenvalue weighted by Gasteiger charge is -2.41. The zero-order chi connectivity index (χ0) is 21.0. The van der Waals surface area contributed by atoms with Gasteiger partial charge in [-0.05, 0) is 51.9 Å². The van der Waals surface area contributed by atoms with Crippen LogP contribution >= 0.6 is 0 Å². The van der Waals surface area contributed by atoms with Crippen LogP contribution < -0.4 is 10.2 Å². The molecule has 0 aromatic heterocycles. The normalized spacial score (nSPS) is 19.9. The van der Waals surface area contributed by atoms with E-state index in [1.807, 2.05) is 14.1 Å². The van der Waals surface area contributed by atoms with Gasteiger partial charge in [-0.3, -0.25) is 4.79 Å². The fourth-order valence-electron chi connectivity index (χ4n) is 5.15. The smallest absolute Gasteiger partial charge is 0.162 e. The Hall–Kier alpha value is -3.07. The van der Waals surface area contributed by atoms with Gasteiger partial charge in [0.05, 0.1) is 5.70 Å². The molecule has 3 aromatic rings. The summed E-state index contributed by atoms with van der Waals surface area (Å²) in [4.78, 5) is 15.5. The Balaban J connectivity index is 1.73. The minimum atomic E-state index is -0.00328. The molecule has 1 saturated carbocycles.